The minimum Gasteiger partial charge on any atom is -0.408 e. The summed E-state index contributed by atoms with van der Waals surface area (Å²) in [7, 11) is -2.94. The zero-order chi connectivity index (χ0) is 31.8. The van der Waals surface area contributed by atoms with Crippen molar-refractivity contribution < 1.29 is 27.8 Å². The number of hydrogen-bond donors (Lipinski definition) is 0. The molecule has 1 aliphatic rings. The van der Waals surface area contributed by atoms with Crippen LogP contribution >= 0.6 is 0 Å². The quantitative estimate of drug-likeness (QED) is 0.127. The number of benzene rings is 1. The molecule has 1 saturated heterocycles. The fourth-order valence-electron chi connectivity index (χ4n) is 7.88. The summed E-state index contributed by atoms with van der Waals surface area (Å²) in [6.45, 7) is 31.6. The summed E-state index contributed by atoms with van der Waals surface area (Å²) < 4.78 is 40.5. The zero-order valence-corrected chi connectivity index (χ0v) is 31.3. The largest absolute Gasteiger partial charge is 0.408 e. The number of rotatable bonds is 17. The van der Waals surface area contributed by atoms with E-state index in [9.17, 15) is 0 Å². The van der Waals surface area contributed by atoms with Crippen molar-refractivity contribution >= 4 is 16.6 Å². The van der Waals surface area contributed by atoms with E-state index in [1.54, 1.807) is 7.11 Å². The summed E-state index contributed by atoms with van der Waals surface area (Å²) in [6.07, 6.45) is -1.86. The molecule has 1 aromatic carbocycles. The molecule has 1 aromatic rings. The molecule has 0 aromatic heterocycles. The molecule has 1 fully saturated rings. The van der Waals surface area contributed by atoms with Gasteiger partial charge in [-0.05, 0) is 45.7 Å². The predicted molar refractivity (Wildman–Crippen MR) is 179 cm³/mol. The van der Waals surface area contributed by atoms with Gasteiger partial charge >= 0.3 is 0 Å². The predicted octanol–water partition coefficient (Wildman–Crippen LogP) is 9.10. The van der Waals surface area contributed by atoms with Gasteiger partial charge in [-0.25, -0.2) is 0 Å². The molecule has 8 heteroatoms. The van der Waals surface area contributed by atoms with Gasteiger partial charge in [0.1, 0.15) is 12.2 Å². The third kappa shape index (κ3) is 8.36. The maximum Gasteiger partial charge on any atom is 0.201 e. The van der Waals surface area contributed by atoms with Gasteiger partial charge in [0.25, 0.3) is 0 Å². The molecule has 2 rings (SSSR count). The molecule has 0 saturated carbocycles. The van der Waals surface area contributed by atoms with Gasteiger partial charge in [0.2, 0.25) is 16.6 Å². The summed E-state index contributed by atoms with van der Waals surface area (Å²) in [5.41, 5.74) is 3.67. The SMILES string of the molecule is COCCO[C@@H]1O[C@@H](C)[C@H](O[Si](C(C)C)(C(C)C)C(C)C)[C@@H](O[Si](C(C)C)(C(C)C)C(C)C)[C@H]1OCc1ccccc1. The highest BCUT2D eigenvalue weighted by Crippen LogP contribution is 2.48. The number of ether oxygens (including phenoxy) is 4. The van der Waals surface area contributed by atoms with Crippen molar-refractivity contribution in [1.29, 1.82) is 0 Å². The first-order chi connectivity index (χ1) is 19.7. The Hall–Kier alpha value is -0.586. The fourth-order valence-corrected chi connectivity index (χ4v) is 19.1. The maximum atomic E-state index is 7.69. The summed E-state index contributed by atoms with van der Waals surface area (Å²) in [4.78, 5) is 0. The van der Waals surface area contributed by atoms with Crippen molar-refractivity contribution in [1.82, 2.24) is 0 Å². The minimum absolute atomic E-state index is 0.222. The molecule has 1 aliphatic heterocycles. The van der Waals surface area contributed by atoms with E-state index in [1.807, 2.05) is 18.2 Å². The van der Waals surface area contributed by atoms with Gasteiger partial charge in [-0.2, -0.15) is 0 Å². The highest BCUT2D eigenvalue weighted by atomic mass is 28.4. The zero-order valence-electron chi connectivity index (χ0n) is 29.3. The topological polar surface area (TPSA) is 55.4 Å². The van der Waals surface area contributed by atoms with Crippen molar-refractivity contribution in [2.24, 2.45) is 0 Å². The molecule has 0 aliphatic carbocycles. The van der Waals surface area contributed by atoms with E-state index in [0.29, 0.717) is 53.1 Å². The molecule has 1 heterocycles. The highest BCUT2D eigenvalue weighted by Gasteiger charge is 2.57. The molecular weight excluding hydrogens is 561 g/mol. The molecule has 6 nitrogen and oxygen atoms in total. The van der Waals surface area contributed by atoms with Crippen LogP contribution in [0, 0.1) is 0 Å². The monoisotopic (exact) mass is 624 g/mol. The lowest BCUT2D eigenvalue weighted by Gasteiger charge is -2.54. The second-order valence-electron chi connectivity index (χ2n) is 14.1. The molecular formula is C34H64O6Si2. The second kappa shape index (κ2) is 16.6. The van der Waals surface area contributed by atoms with Crippen LogP contribution in [-0.2, 0) is 34.4 Å². The molecule has 0 bridgehead atoms. The first-order valence-corrected chi connectivity index (χ1v) is 20.7. The Morgan fingerprint density at radius 1 is 0.619 bits per heavy atom. The number of hydrogen-bond acceptors (Lipinski definition) is 6. The van der Waals surface area contributed by atoms with E-state index >= 15 is 0 Å². The van der Waals surface area contributed by atoms with Crippen LogP contribution in [0.25, 0.3) is 0 Å². The molecule has 0 spiro atoms. The Morgan fingerprint density at radius 3 is 1.50 bits per heavy atom. The van der Waals surface area contributed by atoms with E-state index in [1.165, 1.54) is 0 Å². The molecule has 0 amide bonds. The Balaban J connectivity index is 2.72. The highest BCUT2D eigenvalue weighted by molar-refractivity contribution is 6.78. The third-order valence-corrected chi connectivity index (χ3v) is 21.9. The van der Waals surface area contributed by atoms with Crippen LogP contribution in [0.4, 0.5) is 0 Å². The van der Waals surface area contributed by atoms with E-state index < -0.39 is 29.0 Å². The van der Waals surface area contributed by atoms with E-state index in [2.05, 4.69) is 102 Å². The summed E-state index contributed by atoms with van der Waals surface area (Å²) in [5, 5.41) is 0. The first kappa shape index (κ1) is 37.6. The molecule has 42 heavy (non-hydrogen) atoms. The van der Waals surface area contributed by atoms with Gasteiger partial charge in [0.05, 0.1) is 32.0 Å². The van der Waals surface area contributed by atoms with Crippen LogP contribution in [-0.4, -0.2) is 67.7 Å². The Bertz CT molecular complexity index is 848. The Kier molecular flexibility index (Phi) is 14.9. The number of methoxy groups -OCH3 is 1. The van der Waals surface area contributed by atoms with Crippen LogP contribution in [0.5, 0.6) is 0 Å². The van der Waals surface area contributed by atoms with Gasteiger partial charge in [-0.1, -0.05) is 113 Å². The summed E-state index contributed by atoms with van der Waals surface area (Å²) in [5.74, 6) is 0. The molecule has 0 radical (unpaired) electrons. The molecule has 0 unspecified atom stereocenters. The fraction of sp³-hybridized carbons (Fsp3) is 0.824. The molecule has 244 valence electrons. The van der Waals surface area contributed by atoms with Crippen molar-refractivity contribution in [2.45, 2.75) is 161 Å². The van der Waals surface area contributed by atoms with Crippen LogP contribution in [0.15, 0.2) is 30.3 Å². The van der Waals surface area contributed by atoms with Gasteiger partial charge < -0.3 is 27.8 Å². The first-order valence-electron chi connectivity index (χ1n) is 16.4. The summed E-state index contributed by atoms with van der Waals surface area (Å²) in [6, 6.07) is 10.3. The van der Waals surface area contributed by atoms with Crippen molar-refractivity contribution in [2.75, 3.05) is 20.3 Å². The van der Waals surface area contributed by atoms with Crippen LogP contribution in [0.1, 0.15) is 95.6 Å². The Morgan fingerprint density at radius 2 is 1.07 bits per heavy atom. The van der Waals surface area contributed by atoms with Gasteiger partial charge in [0.15, 0.2) is 6.29 Å². The average Bonchev–Trinajstić information content (AvgIpc) is 2.90. The second-order valence-corrected chi connectivity index (χ2v) is 24.9. The average molecular weight is 625 g/mol. The van der Waals surface area contributed by atoms with Crippen molar-refractivity contribution in [3.63, 3.8) is 0 Å². The molecule has 5 atom stereocenters. The normalized spacial score (nSPS) is 24.2. The lowest BCUT2D eigenvalue weighted by Crippen LogP contribution is -2.67. The van der Waals surface area contributed by atoms with E-state index in [-0.39, 0.29) is 18.3 Å². The van der Waals surface area contributed by atoms with Gasteiger partial charge in [0, 0.05) is 7.11 Å². The summed E-state index contributed by atoms with van der Waals surface area (Å²) >= 11 is 0. The van der Waals surface area contributed by atoms with Gasteiger partial charge in [-0.15, -0.1) is 0 Å². The third-order valence-electron chi connectivity index (χ3n) is 9.68. The Labute approximate surface area is 260 Å². The van der Waals surface area contributed by atoms with E-state index in [4.69, 9.17) is 27.8 Å². The van der Waals surface area contributed by atoms with Crippen molar-refractivity contribution in [3.8, 4) is 0 Å². The van der Waals surface area contributed by atoms with Gasteiger partial charge in [-0.3, -0.25) is 0 Å². The minimum atomic E-state index is -2.34. The van der Waals surface area contributed by atoms with Crippen molar-refractivity contribution in [3.05, 3.63) is 35.9 Å². The van der Waals surface area contributed by atoms with E-state index in [0.717, 1.165) is 5.56 Å². The standard InChI is InChI=1S/C34H64O6Si2/c1-23(2)41(24(3)4,25(5)6)39-31-29(13)38-34(36-21-20-35-14)33(37-22-30-18-16-15-17-19-30)32(31)40-42(26(7)8,27(9)10)28(11)12/h15-19,23-29,31-34H,20-22H2,1-14H3/t29-,31-,32+,33+,34+/m0/s1. The van der Waals surface area contributed by atoms with Crippen LogP contribution in [0.3, 0.4) is 0 Å². The molecule has 0 N–H and O–H groups in total. The lowest BCUT2D eigenvalue weighted by atomic mass is 9.99. The lowest BCUT2D eigenvalue weighted by molar-refractivity contribution is -0.301. The van der Waals surface area contributed by atoms with Crippen LogP contribution < -0.4 is 0 Å². The maximum absolute atomic E-state index is 7.69. The van der Waals surface area contributed by atoms with Crippen LogP contribution in [0.2, 0.25) is 33.2 Å². The smallest absolute Gasteiger partial charge is 0.201 e.